The van der Waals surface area contributed by atoms with Gasteiger partial charge < -0.3 is 5.32 Å². The molecule has 1 fully saturated rings. The maximum Gasteiger partial charge on any atom is 0.253 e. The molecule has 0 atom stereocenters. The second-order valence-electron chi connectivity index (χ2n) is 6.73. The first-order valence-electron chi connectivity index (χ1n) is 8.59. The summed E-state index contributed by atoms with van der Waals surface area (Å²) in [6.45, 7) is 0. The van der Waals surface area contributed by atoms with Gasteiger partial charge in [0.15, 0.2) is 0 Å². The van der Waals surface area contributed by atoms with Gasteiger partial charge in [0.05, 0.1) is 11.8 Å². The molecule has 0 unspecified atom stereocenters. The summed E-state index contributed by atoms with van der Waals surface area (Å²) < 4.78 is 15.5. The lowest BCUT2D eigenvalue weighted by Crippen LogP contribution is -2.43. The van der Waals surface area contributed by atoms with E-state index in [-0.39, 0.29) is 23.7 Å². The summed E-state index contributed by atoms with van der Waals surface area (Å²) in [6, 6.07) is 8.72. The molecule has 0 radical (unpaired) electrons. The molecule has 0 spiro atoms. The van der Waals surface area contributed by atoms with E-state index in [1.54, 1.807) is 29.3 Å². The molecule has 1 amide bonds. The monoisotopic (exact) mass is 350 g/mol. The number of benzene rings is 1. The zero-order valence-corrected chi connectivity index (χ0v) is 14.4. The van der Waals surface area contributed by atoms with Gasteiger partial charge in [-0.3, -0.25) is 14.5 Å². The molecule has 3 aromatic rings. The summed E-state index contributed by atoms with van der Waals surface area (Å²) in [7, 11) is 1.84. The van der Waals surface area contributed by atoms with Gasteiger partial charge in [0.2, 0.25) is 0 Å². The van der Waals surface area contributed by atoms with E-state index in [4.69, 9.17) is 0 Å². The minimum absolute atomic E-state index is 0.0640. The van der Waals surface area contributed by atoms with Crippen LogP contribution in [0.25, 0.3) is 11.1 Å². The molecule has 1 aliphatic rings. The Morgan fingerprint density at radius 1 is 1.19 bits per heavy atom. The van der Waals surface area contributed by atoms with Crippen molar-refractivity contribution in [2.45, 2.75) is 24.8 Å². The third kappa shape index (κ3) is 3.22. The summed E-state index contributed by atoms with van der Waals surface area (Å²) >= 11 is 0. The second kappa shape index (κ2) is 6.71. The Labute approximate surface area is 150 Å². The van der Waals surface area contributed by atoms with Crippen LogP contribution in [-0.2, 0) is 7.05 Å². The van der Waals surface area contributed by atoms with Crippen molar-refractivity contribution in [1.29, 1.82) is 0 Å². The predicted molar refractivity (Wildman–Crippen MR) is 96.1 cm³/mol. The first-order valence-corrected chi connectivity index (χ1v) is 8.59. The van der Waals surface area contributed by atoms with Crippen LogP contribution in [0.15, 0.2) is 55.1 Å². The molecule has 2 heterocycles. The molecular formula is C20H19FN4O. The number of carbonyl (C=O) groups is 1. The van der Waals surface area contributed by atoms with E-state index in [1.807, 2.05) is 31.4 Å². The number of carbonyl (C=O) groups excluding carboxylic acids is 1. The van der Waals surface area contributed by atoms with E-state index >= 15 is 0 Å². The van der Waals surface area contributed by atoms with Crippen molar-refractivity contribution in [2.75, 3.05) is 0 Å². The van der Waals surface area contributed by atoms with Gasteiger partial charge in [-0.15, -0.1) is 0 Å². The number of amides is 1. The summed E-state index contributed by atoms with van der Waals surface area (Å²) in [4.78, 5) is 16.7. The molecule has 0 saturated heterocycles. The molecule has 1 aliphatic carbocycles. The Morgan fingerprint density at radius 3 is 2.73 bits per heavy atom. The van der Waals surface area contributed by atoms with Crippen LogP contribution in [0.1, 0.15) is 34.7 Å². The van der Waals surface area contributed by atoms with Crippen molar-refractivity contribution in [3.8, 4) is 11.1 Å². The summed E-state index contributed by atoms with van der Waals surface area (Å²) in [5.41, 5.74) is 3.01. The average molecular weight is 350 g/mol. The van der Waals surface area contributed by atoms with E-state index in [0.29, 0.717) is 5.56 Å². The minimum Gasteiger partial charge on any atom is -0.349 e. The maximum absolute atomic E-state index is 13.8. The van der Waals surface area contributed by atoms with Crippen LogP contribution >= 0.6 is 0 Å². The second-order valence-corrected chi connectivity index (χ2v) is 6.73. The molecule has 2 aromatic heterocycles. The van der Waals surface area contributed by atoms with Crippen LogP contribution in [0, 0.1) is 5.82 Å². The van der Waals surface area contributed by atoms with E-state index in [2.05, 4.69) is 15.4 Å². The SMILES string of the molecule is Cn1cc(-c2cncc(C(=O)NC3CC(c4ccccc4F)C3)c2)cn1. The van der Waals surface area contributed by atoms with Gasteiger partial charge in [-0.25, -0.2) is 4.39 Å². The Balaban J connectivity index is 1.40. The molecule has 1 N–H and O–H groups in total. The molecule has 6 heteroatoms. The quantitative estimate of drug-likeness (QED) is 0.785. The molecule has 0 bridgehead atoms. The number of pyridine rings is 1. The molecule has 1 aromatic carbocycles. The first-order chi connectivity index (χ1) is 12.6. The van der Waals surface area contributed by atoms with Crippen molar-refractivity contribution < 1.29 is 9.18 Å². The Kier molecular flexibility index (Phi) is 4.24. The fourth-order valence-electron chi connectivity index (χ4n) is 3.36. The van der Waals surface area contributed by atoms with Gasteiger partial charge in [-0.1, -0.05) is 18.2 Å². The van der Waals surface area contributed by atoms with Crippen LogP contribution in [0.3, 0.4) is 0 Å². The lowest BCUT2D eigenvalue weighted by molar-refractivity contribution is 0.0908. The van der Waals surface area contributed by atoms with Crippen molar-refractivity contribution in [3.05, 3.63) is 72.1 Å². The van der Waals surface area contributed by atoms with E-state index in [1.165, 1.54) is 6.07 Å². The fraction of sp³-hybridized carbons (Fsp3) is 0.250. The van der Waals surface area contributed by atoms with Gasteiger partial charge in [0.25, 0.3) is 5.91 Å². The normalized spacial score (nSPS) is 19.0. The molecule has 4 rings (SSSR count). The third-order valence-electron chi connectivity index (χ3n) is 4.86. The topological polar surface area (TPSA) is 59.8 Å². The van der Waals surface area contributed by atoms with Gasteiger partial charge in [0.1, 0.15) is 5.82 Å². The van der Waals surface area contributed by atoms with E-state index in [9.17, 15) is 9.18 Å². The molecule has 1 saturated carbocycles. The first kappa shape index (κ1) is 16.4. The number of halogens is 1. The van der Waals surface area contributed by atoms with Gasteiger partial charge in [-0.2, -0.15) is 5.10 Å². The van der Waals surface area contributed by atoms with Gasteiger partial charge >= 0.3 is 0 Å². The van der Waals surface area contributed by atoms with Crippen LogP contribution in [0.2, 0.25) is 0 Å². The fourth-order valence-corrected chi connectivity index (χ4v) is 3.36. The maximum atomic E-state index is 13.8. The third-order valence-corrected chi connectivity index (χ3v) is 4.86. The standard InChI is InChI=1S/C20H19FN4O/c1-25-12-16(11-23-25)14-6-15(10-22-9-14)20(26)24-17-7-13(8-17)18-4-2-3-5-19(18)21/h2-6,9-13,17H,7-8H2,1H3,(H,24,26). The number of aromatic nitrogens is 3. The zero-order chi connectivity index (χ0) is 18.1. The molecule has 132 valence electrons. The molecule has 5 nitrogen and oxygen atoms in total. The van der Waals surface area contributed by atoms with Crippen molar-refractivity contribution in [1.82, 2.24) is 20.1 Å². The number of aryl methyl sites for hydroxylation is 1. The Hall–Kier alpha value is -3.02. The summed E-state index contributed by atoms with van der Waals surface area (Å²) in [5.74, 6) is -0.155. The number of nitrogens with one attached hydrogen (secondary N) is 1. The average Bonchev–Trinajstić information content (AvgIpc) is 3.05. The van der Waals surface area contributed by atoms with Gasteiger partial charge in [-0.05, 0) is 36.5 Å². The Bertz CT molecular complexity index is 946. The van der Waals surface area contributed by atoms with E-state index in [0.717, 1.165) is 29.5 Å². The number of hydrogen-bond acceptors (Lipinski definition) is 3. The van der Waals surface area contributed by atoms with Crippen LogP contribution in [0.4, 0.5) is 4.39 Å². The molecular weight excluding hydrogens is 331 g/mol. The van der Waals surface area contributed by atoms with Crippen LogP contribution < -0.4 is 5.32 Å². The highest BCUT2D eigenvalue weighted by Gasteiger charge is 2.33. The molecule has 0 aliphatic heterocycles. The Morgan fingerprint density at radius 2 is 2.00 bits per heavy atom. The largest absolute Gasteiger partial charge is 0.349 e. The highest BCUT2D eigenvalue weighted by Crippen LogP contribution is 2.38. The van der Waals surface area contributed by atoms with Crippen LogP contribution in [0.5, 0.6) is 0 Å². The lowest BCUT2D eigenvalue weighted by Gasteiger charge is -2.36. The van der Waals surface area contributed by atoms with Crippen molar-refractivity contribution >= 4 is 5.91 Å². The summed E-state index contributed by atoms with van der Waals surface area (Å²) in [5, 5.41) is 7.15. The highest BCUT2D eigenvalue weighted by atomic mass is 19.1. The van der Waals surface area contributed by atoms with Crippen molar-refractivity contribution in [2.24, 2.45) is 7.05 Å². The highest BCUT2D eigenvalue weighted by molar-refractivity contribution is 5.95. The van der Waals surface area contributed by atoms with Gasteiger partial charge in [0, 0.05) is 42.8 Å². The number of nitrogens with zero attached hydrogens (tertiary/aromatic N) is 3. The van der Waals surface area contributed by atoms with Crippen molar-refractivity contribution in [3.63, 3.8) is 0 Å². The zero-order valence-electron chi connectivity index (χ0n) is 14.4. The minimum atomic E-state index is -0.171. The smallest absolute Gasteiger partial charge is 0.253 e. The number of rotatable bonds is 4. The number of hydrogen-bond donors (Lipinski definition) is 1. The predicted octanol–water partition coefficient (Wildman–Crippen LogP) is 3.30. The molecule has 26 heavy (non-hydrogen) atoms. The lowest BCUT2D eigenvalue weighted by atomic mass is 9.75. The van der Waals surface area contributed by atoms with Crippen LogP contribution in [-0.4, -0.2) is 26.7 Å². The summed E-state index contributed by atoms with van der Waals surface area (Å²) in [6.07, 6.45) is 8.39. The van der Waals surface area contributed by atoms with E-state index < -0.39 is 0 Å².